The van der Waals surface area contributed by atoms with Gasteiger partial charge in [-0.3, -0.25) is 9.59 Å². The van der Waals surface area contributed by atoms with Crippen LogP contribution in [-0.4, -0.2) is 47.7 Å². The van der Waals surface area contributed by atoms with Crippen molar-refractivity contribution in [3.05, 3.63) is 83.6 Å². The number of hydrogen-bond acceptors (Lipinski definition) is 6. The Kier molecular flexibility index (Phi) is 7.67. The van der Waals surface area contributed by atoms with Crippen molar-refractivity contribution >= 4 is 11.8 Å². The number of nitrogens with zero attached hydrogens (tertiary/aromatic N) is 1. The van der Waals surface area contributed by atoms with Gasteiger partial charge in [-0.05, 0) is 55.3 Å². The molecule has 0 fully saturated rings. The lowest BCUT2D eigenvalue weighted by molar-refractivity contribution is -0.149. The third-order valence-corrected chi connectivity index (χ3v) is 5.59. The molecule has 3 aromatic rings. The summed E-state index contributed by atoms with van der Waals surface area (Å²) in [4.78, 5) is 28.4. The fraction of sp³-hybridized carbons (Fsp3) is 0.308. The molecule has 35 heavy (non-hydrogen) atoms. The van der Waals surface area contributed by atoms with Crippen LogP contribution in [0.25, 0.3) is 0 Å². The number of nitrogens with one attached hydrogen (secondary N) is 1. The van der Waals surface area contributed by atoms with Gasteiger partial charge in [0.25, 0.3) is 11.8 Å². The van der Waals surface area contributed by atoms with Crippen molar-refractivity contribution in [2.45, 2.75) is 32.0 Å². The second-order valence-corrected chi connectivity index (χ2v) is 8.17. The summed E-state index contributed by atoms with van der Waals surface area (Å²) in [6.45, 7) is 1.77. The summed E-state index contributed by atoms with van der Waals surface area (Å²) in [5.41, 5.74) is 0.697. The van der Waals surface area contributed by atoms with Gasteiger partial charge in [0.1, 0.15) is 23.9 Å². The average Bonchev–Trinajstić information content (AvgIpc) is 3.30. The maximum Gasteiger partial charge on any atom is 0.268 e. The van der Waals surface area contributed by atoms with E-state index >= 15 is 0 Å². The van der Waals surface area contributed by atoms with Gasteiger partial charge in [0.15, 0.2) is 17.5 Å². The van der Waals surface area contributed by atoms with Crippen molar-refractivity contribution in [3.63, 3.8) is 0 Å². The van der Waals surface area contributed by atoms with E-state index in [9.17, 15) is 19.1 Å². The highest BCUT2D eigenvalue weighted by Gasteiger charge is 2.39. The summed E-state index contributed by atoms with van der Waals surface area (Å²) in [6.07, 6.45) is -0.732. The molecule has 2 aromatic carbocycles. The standard InChI is InChI=1S/C26H27FN2O6/c1-17-7-12-22(34-17)24(25(31)28-15-18-8-10-19(27)11-9-18)29(13-4-14-30)26(32)23-16-33-20-5-2-3-6-21(20)35-23/h2-3,5-12,23-24,30H,4,13-16H2,1H3,(H,28,31)/t23-,24-/m0/s1. The van der Waals surface area contributed by atoms with Crippen LogP contribution in [0.15, 0.2) is 65.1 Å². The van der Waals surface area contributed by atoms with Gasteiger partial charge in [-0.1, -0.05) is 24.3 Å². The topological polar surface area (TPSA) is 101 Å². The molecule has 8 nitrogen and oxygen atoms in total. The molecule has 4 rings (SSSR count). The first-order valence-corrected chi connectivity index (χ1v) is 11.3. The number of hydrogen-bond donors (Lipinski definition) is 2. The Morgan fingerprint density at radius 2 is 1.86 bits per heavy atom. The van der Waals surface area contributed by atoms with E-state index in [2.05, 4.69) is 5.32 Å². The molecule has 184 valence electrons. The molecule has 2 atom stereocenters. The van der Waals surface area contributed by atoms with E-state index in [1.165, 1.54) is 17.0 Å². The highest BCUT2D eigenvalue weighted by atomic mass is 19.1. The summed E-state index contributed by atoms with van der Waals surface area (Å²) < 4.78 is 30.6. The summed E-state index contributed by atoms with van der Waals surface area (Å²) in [5, 5.41) is 12.3. The number of fused-ring (bicyclic) bond motifs is 1. The highest BCUT2D eigenvalue weighted by molar-refractivity contribution is 5.90. The molecule has 0 saturated carbocycles. The van der Waals surface area contributed by atoms with Crippen LogP contribution in [-0.2, 0) is 16.1 Å². The lowest BCUT2D eigenvalue weighted by Crippen LogP contribution is -2.51. The number of ether oxygens (including phenoxy) is 2. The van der Waals surface area contributed by atoms with E-state index in [4.69, 9.17) is 13.9 Å². The molecule has 9 heteroatoms. The zero-order valence-electron chi connectivity index (χ0n) is 19.3. The van der Waals surface area contributed by atoms with Gasteiger partial charge in [0, 0.05) is 19.7 Å². The smallest absolute Gasteiger partial charge is 0.268 e. The molecular weight excluding hydrogens is 455 g/mol. The molecule has 2 heterocycles. The molecule has 0 unspecified atom stereocenters. The predicted octanol–water partition coefficient (Wildman–Crippen LogP) is 3.14. The molecule has 0 spiro atoms. The number of carbonyl (C=O) groups is 2. The van der Waals surface area contributed by atoms with Gasteiger partial charge >= 0.3 is 0 Å². The SMILES string of the molecule is Cc1ccc([C@@H](C(=O)NCc2ccc(F)cc2)N(CCCO)C(=O)[C@@H]2COc3ccccc3O2)o1. The third kappa shape index (κ3) is 5.81. The van der Waals surface area contributed by atoms with Gasteiger partial charge < -0.3 is 29.2 Å². The Hall–Kier alpha value is -3.85. The molecular formula is C26H27FN2O6. The van der Waals surface area contributed by atoms with Gasteiger partial charge in [0.05, 0.1) is 0 Å². The lowest BCUT2D eigenvalue weighted by Gasteiger charge is -2.34. The minimum Gasteiger partial charge on any atom is -0.485 e. The summed E-state index contributed by atoms with van der Waals surface area (Å²) >= 11 is 0. The number of para-hydroxylation sites is 2. The van der Waals surface area contributed by atoms with Crippen LogP contribution in [0.4, 0.5) is 4.39 Å². The van der Waals surface area contributed by atoms with E-state index in [1.807, 2.05) is 0 Å². The van der Waals surface area contributed by atoms with Crippen molar-refractivity contribution in [3.8, 4) is 11.5 Å². The zero-order chi connectivity index (χ0) is 24.8. The van der Waals surface area contributed by atoms with E-state index in [0.29, 0.717) is 22.8 Å². The predicted molar refractivity (Wildman–Crippen MR) is 124 cm³/mol. The molecule has 1 aliphatic rings. The number of amides is 2. The van der Waals surface area contributed by atoms with E-state index in [0.717, 1.165) is 0 Å². The van der Waals surface area contributed by atoms with E-state index < -0.39 is 24.0 Å². The number of rotatable bonds is 9. The molecule has 0 aliphatic carbocycles. The highest BCUT2D eigenvalue weighted by Crippen LogP contribution is 2.32. The number of benzene rings is 2. The monoisotopic (exact) mass is 482 g/mol. The molecule has 1 aromatic heterocycles. The largest absolute Gasteiger partial charge is 0.485 e. The van der Waals surface area contributed by atoms with Crippen molar-refractivity contribution in [2.75, 3.05) is 19.8 Å². The minimum absolute atomic E-state index is 0.0213. The fourth-order valence-corrected chi connectivity index (χ4v) is 3.85. The Morgan fingerprint density at radius 3 is 2.54 bits per heavy atom. The van der Waals surface area contributed by atoms with Crippen LogP contribution in [0.1, 0.15) is 29.5 Å². The molecule has 0 radical (unpaired) electrons. The van der Waals surface area contributed by atoms with Gasteiger partial charge in [-0.15, -0.1) is 0 Å². The maximum atomic E-state index is 13.6. The number of furan rings is 1. The van der Waals surface area contributed by atoms with Crippen LogP contribution < -0.4 is 14.8 Å². The number of aliphatic hydroxyl groups excluding tert-OH is 1. The van der Waals surface area contributed by atoms with E-state index in [1.54, 1.807) is 55.5 Å². The van der Waals surface area contributed by atoms with Crippen LogP contribution in [0.3, 0.4) is 0 Å². The molecule has 0 saturated heterocycles. The van der Waals surface area contributed by atoms with Crippen LogP contribution in [0.5, 0.6) is 11.5 Å². The van der Waals surface area contributed by atoms with Crippen molar-refractivity contribution in [2.24, 2.45) is 0 Å². The van der Waals surface area contributed by atoms with Gasteiger partial charge in [-0.2, -0.15) is 0 Å². The van der Waals surface area contributed by atoms with Crippen LogP contribution in [0.2, 0.25) is 0 Å². The molecule has 1 aliphatic heterocycles. The molecule has 0 bridgehead atoms. The van der Waals surface area contributed by atoms with Gasteiger partial charge in [0.2, 0.25) is 6.10 Å². The summed E-state index contributed by atoms with van der Waals surface area (Å²) in [6, 6.07) is 15.0. The number of halogens is 1. The van der Waals surface area contributed by atoms with Crippen molar-refractivity contribution in [1.29, 1.82) is 0 Å². The normalized spacial score (nSPS) is 15.3. The Labute approximate surface area is 202 Å². The van der Waals surface area contributed by atoms with Crippen molar-refractivity contribution < 1.29 is 33.0 Å². The second-order valence-electron chi connectivity index (χ2n) is 8.17. The van der Waals surface area contributed by atoms with Crippen LogP contribution in [0, 0.1) is 12.7 Å². The van der Waals surface area contributed by atoms with Crippen LogP contribution >= 0.6 is 0 Å². The first-order valence-electron chi connectivity index (χ1n) is 11.3. The van der Waals surface area contributed by atoms with Gasteiger partial charge in [-0.25, -0.2) is 4.39 Å². The Morgan fingerprint density at radius 1 is 1.11 bits per heavy atom. The van der Waals surface area contributed by atoms with Crippen molar-refractivity contribution in [1.82, 2.24) is 10.2 Å². The first-order chi connectivity index (χ1) is 17.0. The Balaban J connectivity index is 1.59. The number of aryl methyl sites for hydroxylation is 1. The molecule has 2 N–H and O–H groups in total. The summed E-state index contributed by atoms with van der Waals surface area (Å²) in [5.74, 6) is 0.510. The third-order valence-electron chi connectivity index (χ3n) is 5.59. The number of carbonyl (C=O) groups excluding carboxylic acids is 2. The first kappa shape index (κ1) is 24.3. The maximum absolute atomic E-state index is 13.6. The lowest BCUT2D eigenvalue weighted by atomic mass is 10.1. The molecule has 2 amide bonds. The average molecular weight is 483 g/mol. The number of aliphatic hydroxyl groups is 1. The second kappa shape index (κ2) is 11.1. The quantitative estimate of drug-likeness (QED) is 0.486. The minimum atomic E-state index is -1.11. The van der Waals surface area contributed by atoms with E-state index in [-0.39, 0.29) is 44.3 Å². The fourth-order valence-electron chi connectivity index (χ4n) is 3.85. The summed E-state index contributed by atoms with van der Waals surface area (Å²) in [7, 11) is 0. The Bertz CT molecular complexity index is 1160. The zero-order valence-corrected chi connectivity index (χ0v) is 19.3.